The van der Waals surface area contributed by atoms with E-state index in [0.29, 0.717) is 18.1 Å². The van der Waals surface area contributed by atoms with E-state index in [1.165, 1.54) is 0 Å². The molecule has 120 valence electrons. The minimum absolute atomic E-state index is 0.600. The first-order valence-electron chi connectivity index (χ1n) is 7.87. The average Bonchev–Trinajstić information content (AvgIpc) is 2.99. The number of fused-ring (bicyclic) bond motifs is 3. The number of nitrogens with one attached hydrogen (secondary N) is 1. The summed E-state index contributed by atoms with van der Waals surface area (Å²) < 4.78 is 7.69. The second-order valence-corrected chi connectivity index (χ2v) is 5.41. The highest BCUT2D eigenvalue weighted by atomic mass is 16.5. The van der Waals surface area contributed by atoms with Gasteiger partial charge < -0.3 is 10.1 Å². The molecular weight excluding hydrogens is 302 g/mol. The topological polar surface area (TPSA) is 64.3 Å². The van der Waals surface area contributed by atoms with Crippen LogP contribution >= 0.6 is 0 Å². The fourth-order valence-corrected chi connectivity index (χ4v) is 2.79. The van der Waals surface area contributed by atoms with Crippen molar-refractivity contribution in [3.05, 3.63) is 54.4 Å². The molecular formula is C18H17N5O. The molecule has 4 aromatic rings. The van der Waals surface area contributed by atoms with E-state index < -0.39 is 0 Å². The molecule has 0 unspecified atom stereocenters. The number of para-hydroxylation sites is 4. The standard InChI is InChI=1S/C18H17N5O/c1-3-24-16-11-7-5-9-14(16)20-17-18-22-21-12(2)23(18)15-10-6-4-8-13(15)19-17/h4-11H,3H2,1-2H3,(H,19,20). The van der Waals surface area contributed by atoms with Crippen molar-refractivity contribution in [2.75, 3.05) is 11.9 Å². The molecule has 0 aliphatic rings. The Kier molecular flexibility index (Phi) is 3.49. The first-order valence-corrected chi connectivity index (χ1v) is 7.87. The van der Waals surface area contributed by atoms with Gasteiger partial charge >= 0.3 is 0 Å². The van der Waals surface area contributed by atoms with Crippen LogP contribution in [0.3, 0.4) is 0 Å². The summed E-state index contributed by atoms with van der Waals surface area (Å²) in [7, 11) is 0. The highest BCUT2D eigenvalue weighted by molar-refractivity contribution is 5.85. The number of hydrogen-bond acceptors (Lipinski definition) is 5. The lowest BCUT2D eigenvalue weighted by atomic mass is 10.2. The zero-order valence-electron chi connectivity index (χ0n) is 13.5. The largest absolute Gasteiger partial charge is 0.492 e. The monoisotopic (exact) mass is 319 g/mol. The first-order chi connectivity index (χ1) is 11.8. The van der Waals surface area contributed by atoms with E-state index in [0.717, 1.165) is 28.3 Å². The summed E-state index contributed by atoms with van der Waals surface area (Å²) in [6, 6.07) is 15.7. The third kappa shape index (κ3) is 2.32. The Morgan fingerprint density at radius 3 is 2.71 bits per heavy atom. The van der Waals surface area contributed by atoms with Crippen molar-refractivity contribution in [2.24, 2.45) is 0 Å². The van der Waals surface area contributed by atoms with Crippen LogP contribution in [0.25, 0.3) is 16.7 Å². The Balaban J connectivity index is 1.90. The van der Waals surface area contributed by atoms with Crippen molar-refractivity contribution in [1.29, 1.82) is 0 Å². The summed E-state index contributed by atoms with van der Waals surface area (Å²) >= 11 is 0. The summed E-state index contributed by atoms with van der Waals surface area (Å²) in [6.45, 7) is 4.50. The van der Waals surface area contributed by atoms with Gasteiger partial charge in [0.1, 0.15) is 11.6 Å². The van der Waals surface area contributed by atoms with Gasteiger partial charge in [-0.2, -0.15) is 0 Å². The molecule has 1 N–H and O–H groups in total. The van der Waals surface area contributed by atoms with Gasteiger partial charge in [-0.25, -0.2) is 4.98 Å². The van der Waals surface area contributed by atoms with E-state index in [2.05, 4.69) is 15.5 Å². The van der Waals surface area contributed by atoms with E-state index in [9.17, 15) is 0 Å². The van der Waals surface area contributed by atoms with Crippen LogP contribution in [-0.4, -0.2) is 26.2 Å². The molecule has 0 spiro atoms. The van der Waals surface area contributed by atoms with Gasteiger partial charge in [0.05, 0.1) is 23.3 Å². The predicted molar refractivity (Wildman–Crippen MR) is 93.9 cm³/mol. The van der Waals surface area contributed by atoms with Crippen molar-refractivity contribution in [1.82, 2.24) is 19.6 Å². The number of aryl methyl sites for hydroxylation is 1. The van der Waals surface area contributed by atoms with Gasteiger partial charge in [0.25, 0.3) is 0 Å². The molecule has 2 aromatic heterocycles. The van der Waals surface area contributed by atoms with Gasteiger partial charge in [-0.15, -0.1) is 10.2 Å². The number of ether oxygens (including phenoxy) is 1. The Hall–Kier alpha value is -3.15. The van der Waals surface area contributed by atoms with E-state index in [1.807, 2.05) is 66.8 Å². The summed E-state index contributed by atoms with van der Waals surface area (Å²) in [6.07, 6.45) is 0. The van der Waals surface area contributed by atoms with Crippen LogP contribution in [-0.2, 0) is 0 Å². The van der Waals surface area contributed by atoms with Crippen molar-refractivity contribution in [3.8, 4) is 5.75 Å². The van der Waals surface area contributed by atoms with E-state index in [4.69, 9.17) is 9.72 Å². The van der Waals surface area contributed by atoms with Gasteiger partial charge in [0.15, 0.2) is 5.82 Å². The molecule has 0 radical (unpaired) electrons. The molecule has 0 aliphatic heterocycles. The Morgan fingerprint density at radius 1 is 1.04 bits per heavy atom. The van der Waals surface area contributed by atoms with Gasteiger partial charge in [0.2, 0.25) is 5.65 Å². The molecule has 0 fully saturated rings. The zero-order chi connectivity index (χ0) is 16.5. The highest BCUT2D eigenvalue weighted by Crippen LogP contribution is 2.29. The molecule has 6 nitrogen and oxygen atoms in total. The maximum absolute atomic E-state index is 5.68. The predicted octanol–water partition coefficient (Wildman–Crippen LogP) is 3.73. The van der Waals surface area contributed by atoms with Crippen molar-refractivity contribution in [2.45, 2.75) is 13.8 Å². The molecule has 0 saturated heterocycles. The number of anilines is 2. The molecule has 0 saturated carbocycles. The van der Waals surface area contributed by atoms with Crippen molar-refractivity contribution >= 4 is 28.2 Å². The second-order valence-electron chi connectivity index (χ2n) is 5.41. The Morgan fingerprint density at radius 2 is 1.83 bits per heavy atom. The minimum atomic E-state index is 0.600. The number of hydrogen-bond donors (Lipinski definition) is 1. The Labute approximate surface area is 139 Å². The SMILES string of the molecule is CCOc1ccccc1Nc1nc2ccccc2n2c(C)nnc12. The van der Waals surface area contributed by atoms with Crippen LogP contribution in [0.4, 0.5) is 11.5 Å². The fraction of sp³-hybridized carbons (Fsp3) is 0.167. The van der Waals surface area contributed by atoms with Crippen LogP contribution < -0.4 is 10.1 Å². The highest BCUT2D eigenvalue weighted by Gasteiger charge is 2.14. The number of aromatic nitrogens is 4. The lowest BCUT2D eigenvalue weighted by molar-refractivity contribution is 0.342. The summed E-state index contributed by atoms with van der Waals surface area (Å²) in [5.74, 6) is 2.26. The Bertz CT molecular complexity index is 1020. The number of nitrogens with zero attached hydrogens (tertiary/aromatic N) is 4. The van der Waals surface area contributed by atoms with Crippen LogP contribution in [0.1, 0.15) is 12.7 Å². The molecule has 0 aliphatic carbocycles. The third-order valence-electron chi connectivity index (χ3n) is 3.83. The van der Waals surface area contributed by atoms with E-state index in [-0.39, 0.29) is 0 Å². The van der Waals surface area contributed by atoms with Crippen molar-refractivity contribution in [3.63, 3.8) is 0 Å². The molecule has 2 heterocycles. The maximum atomic E-state index is 5.68. The lowest BCUT2D eigenvalue weighted by Crippen LogP contribution is -2.03. The quantitative estimate of drug-likeness (QED) is 0.621. The number of benzene rings is 2. The van der Waals surface area contributed by atoms with Crippen molar-refractivity contribution < 1.29 is 4.74 Å². The van der Waals surface area contributed by atoms with Crippen LogP contribution in [0.2, 0.25) is 0 Å². The molecule has 24 heavy (non-hydrogen) atoms. The van der Waals surface area contributed by atoms with E-state index >= 15 is 0 Å². The summed E-state index contributed by atoms with van der Waals surface area (Å²) in [4.78, 5) is 4.72. The minimum Gasteiger partial charge on any atom is -0.492 e. The molecule has 0 bridgehead atoms. The summed E-state index contributed by atoms with van der Waals surface area (Å²) in [5, 5.41) is 11.8. The van der Waals surface area contributed by atoms with E-state index in [1.54, 1.807) is 0 Å². The van der Waals surface area contributed by atoms with Crippen LogP contribution in [0.5, 0.6) is 5.75 Å². The molecule has 2 aromatic carbocycles. The van der Waals surface area contributed by atoms with Gasteiger partial charge in [-0.3, -0.25) is 4.40 Å². The molecule has 6 heteroatoms. The first kappa shape index (κ1) is 14.4. The third-order valence-corrected chi connectivity index (χ3v) is 3.83. The van der Waals surface area contributed by atoms with Gasteiger partial charge in [-0.05, 0) is 38.1 Å². The normalized spacial score (nSPS) is 11.1. The average molecular weight is 319 g/mol. The lowest BCUT2D eigenvalue weighted by Gasteiger charge is -2.13. The fourth-order valence-electron chi connectivity index (χ4n) is 2.79. The zero-order valence-corrected chi connectivity index (χ0v) is 13.5. The van der Waals surface area contributed by atoms with Gasteiger partial charge in [0, 0.05) is 0 Å². The smallest absolute Gasteiger partial charge is 0.204 e. The molecule has 0 amide bonds. The summed E-state index contributed by atoms with van der Waals surface area (Å²) in [5.41, 5.74) is 3.41. The maximum Gasteiger partial charge on any atom is 0.204 e. The van der Waals surface area contributed by atoms with Gasteiger partial charge in [-0.1, -0.05) is 24.3 Å². The van der Waals surface area contributed by atoms with Crippen LogP contribution in [0.15, 0.2) is 48.5 Å². The number of rotatable bonds is 4. The van der Waals surface area contributed by atoms with Crippen LogP contribution in [0, 0.1) is 6.92 Å². The second kappa shape index (κ2) is 5.81. The molecule has 0 atom stereocenters. The molecule has 4 rings (SSSR count).